The Morgan fingerprint density at radius 3 is 2.73 bits per heavy atom. The van der Waals surface area contributed by atoms with E-state index in [2.05, 4.69) is 5.10 Å². The average Bonchev–Trinajstić information content (AvgIpc) is 3.33. The summed E-state index contributed by atoms with van der Waals surface area (Å²) in [7, 11) is 1.59. The van der Waals surface area contributed by atoms with Gasteiger partial charge in [-0.3, -0.25) is 4.79 Å². The topological polar surface area (TPSA) is 68.8 Å². The van der Waals surface area contributed by atoms with E-state index in [1.807, 2.05) is 17.5 Å². The summed E-state index contributed by atoms with van der Waals surface area (Å²) in [6.45, 7) is 0.168. The van der Waals surface area contributed by atoms with Gasteiger partial charge in [-0.15, -0.1) is 11.3 Å². The van der Waals surface area contributed by atoms with Gasteiger partial charge in [0, 0.05) is 12.4 Å². The van der Waals surface area contributed by atoms with Gasteiger partial charge >= 0.3 is 0 Å². The molecule has 0 saturated carbocycles. The van der Waals surface area contributed by atoms with Crippen molar-refractivity contribution in [1.82, 2.24) is 14.2 Å². The van der Waals surface area contributed by atoms with E-state index in [9.17, 15) is 9.90 Å². The summed E-state index contributed by atoms with van der Waals surface area (Å²) in [6.07, 6.45) is 2.59. The van der Waals surface area contributed by atoms with E-state index in [0.29, 0.717) is 5.52 Å². The summed E-state index contributed by atoms with van der Waals surface area (Å²) in [5.41, 5.74) is 1.80. The number of benzene rings is 1. The van der Waals surface area contributed by atoms with Crippen LogP contribution in [0.5, 0.6) is 5.75 Å². The highest BCUT2D eigenvalue weighted by Crippen LogP contribution is 2.23. The van der Waals surface area contributed by atoms with E-state index in [1.54, 1.807) is 65.7 Å². The van der Waals surface area contributed by atoms with Crippen LogP contribution in [-0.2, 0) is 6.54 Å². The number of nitrogens with zero attached hydrogens (tertiary/aromatic N) is 3. The summed E-state index contributed by atoms with van der Waals surface area (Å²) >= 11 is 1.58. The molecule has 0 aliphatic rings. The molecule has 3 aromatic heterocycles. The fraction of sp³-hybridized carbons (Fsp3) is 0.158. The van der Waals surface area contributed by atoms with Gasteiger partial charge in [0.05, 0.1) is 24.6 Å². The van der Waals surface area contributed by atoms with Gasteiger partial charge in [-0.2, -0.15) is 5.10 Å². The van der Waals surface area contributed by atoms with Crippen LogP contribution < -0.4 is 10.3 Å². The van der Waals surface area contributed by atoms with Gasteiger partial charge in [-0.05, 0) is 35.2 Å². The number of aromatic nitrogens is 3. The van der Waals surface area contributed by atoms with E-state index >= 15 is 0 Å². The molecule has 26 heavy (non-hydrogen) atoms. The summed E-state index contributed by atoms with van der Waals surface area (Å²) in [5.74, 6) is 0.722. The number of aliphatic hydroxyl groups excluding tert-OH is 1. The molecule has 6 nitrogen and oxygen atoms in total. The molecule has 1 atom stereocenters. The Labute approximate surface area is 153 Å². The molecular formula is C19H17N3O3S. The maximum Gasteiger partial charge on any atom is 0.276 e. The predicted octanol–water partition coefficient (Wildman–Crippen LogP) is 2.97. The maximum absolute atomic E-state index is 12.8. The smallest absolute Gasteiger partial charge is 0.276 e. The molecule has 0 fully saturated rings. The molecule has 132 valence electrons. The molecule has 4 rings (SSSR count). The Kier molecular flexibility index (Phi) is 4.32. The molecule has 0 aliphatic carbocycles. The third-order valence-electron chi connectivity index (χ3n) is 4.25. The van der Waals surface area contributed by atoms with Crippen LogP contribution >= 0.6 is 11.3 Å². The molecule has 0 bridgehead atoms. The van der Waals surface area contributed by atoms with Crippen molar-refractivity contribution in [3.63, 3.8) is 0 Å². The van der Waals surface area contributed by atoms with E-state index in [-0.39, 0.29) is 12.1 Å². The van der Waals surface area contributed by atoms with Crippen molar-refractivity contribution in [3.05, 3.63) is 76.2 Å². The molecule has 1 aromatic carbocycles. The summed E-state index contributed by atoms with van der Waals surface area (Å²) in [6, 6.07) is 12.9. The van der Waals surface area contributed by atoms with Gasteiger partial charge in [-0.25, -0.2) is 4.52 Å². The Morgan fingerprint density at radius 1 is 1.23 bits per heavy atom. The van der Waals surface area contributed by atoms with E-state index < -0.39 is 6.10 Å². The number of rotatable bonds is 5. The van der Waals surface area contributed by atoms with Crippen LogP contribution in [0.2, 0.25) is 0 Å². The minimum Gasteiger partial charge on any atom is -0.497 e. The van der Waals surface area contributed by atoms with Gasteiger partial charge < -0.3 is 14.4 Å². The molecule has 3 heterocycles. The molecular weight excluding hydrogens is 350 g/mol. The summed E-state index contributed by atoms with van der Waals surface area (Å²) in [4.78, 5) is 13.8. The number of fused-ring (bicyclic) bond motifs is 1. The van der Waals surface area contributed by atoms with Crippen LogP contribution in [-0.4, -0.2) is 26.4 Å². The third-order valence-corrected chi connectivity index (χ3v) is 5.14. The average molecular weight is 367 g/mol. The number of methoxy groups -OCH3 is 1. The van der Waals surface area contributed by atoms with Crippen molar-refractivity contribution < 1.29 is 9.84 Å². The minimum atomic E-state index is -0.791. The number of thiophene rings is 1. The van der Waals surface area contributed by atoms with Gasteiger partial charge in [0.15, 0.2) is 0 Å². The van der Waals surface area contributed by atoms with Crippen molar-refractivity contribution in [1.29, 1.82) is 0 Å². The van der Waals surface area contributed by atoms with Crippen LogP contribution in [0.4, 0.5) is 0 Å². The zero-order valence-corrected chi connectivity index (χ0v) is 14.9. The number of ether oxygens (including phenoxy) is 1. The second-order valence-corrected chi connectivity index (χ2v) is 6.83. The van der Waals surface area contributed by atoms with Gasteiger partial charge in [0.2, 0.25) is 0 Å². The molecule has 1 unspecified atom stereocenters. The first-order chi connectivity index (χ1) is 12.7. The highest BCUT2D eigenvalue weighted by Gasteiger charge is 2.13. The second kappa shape index (κ2) is 6.78. The molecule has 0 saturated heterocycles. The lowest BCUT2D eigenvalue weighted by molar-refractivity contribution is 0.155. The molecule has 7 heteroatoms. The molecule has 1 N–H and O–H groups in total. The Bertz CT molecular complexity index is 1080. The number of hydrogen-bond donors (Lipinski definition) is 1. The fourth-order valence-electron chi connectivity index (χ4n) is 2.83. The van der Waals surface area contributed by atoms with E-state index in [0.717, 1.165) is 21.9 Å². The molecule has 4 aromatic rings. The van der Waals surface area contributed by atoms with Crippen LogP contribution in [0.25, 0.3) is 16.1 Å². The van der Waals surface area contributed by atoms with E-state index in [1.165, 1.54) is 4.57 Å². The van der Waals surface area contributed by atoms with Crippen molar-refractivity contribution in [2.45, 2.75) is 12.6 Å². The second-order valence-electron chi connectivity index (χ2n) is 5.88. The van der Waals surface area contributed by atoms with Crippen LogP contribution in [0.1, 0.15) is 11.7 Å². The monoisotopic (exact) mass is 367 g/mol. The Hall–Kier alpha value is -2.90. The zero-order chi connectivity index (χ0) is 18.1. The summed E-state index contributed by atoms with van der Waals surface area (Å²) in [5, 5.41) is 16.9. The predicted molar refractivity (Wildman–Crippen MR) is 101 cm³/mol. The summed E-state index contributed by atoms with van der Waals surface area (Å²) < 4.78 is 8.20. The fourth-order valence-corrected chi connectivity index (χ4v) is 3.51. The van der Waals surface area contributed by atoms with Crippen molar-refractivity contribution >= 4 is 16.9 Å². The standard InChI is InChI=1S/C19H17N3O3S/c1-25-14-6-4-13(5-7-14)17(23)12-21-8-9-22-16(19(21)24)11-15(20-22)18-3-2-10-26-18/h2-11,17,23H,12H2,1H3. The van der Waals surface area contributed by atoms with Gasteiger partial charge in [0.1, 0.15) is 17.0 Å². The minimum absolute atomic E-state index is 0.168. The quantitative estimate of drug-likeness (QED) is 0.589. The molecule has 0 spiro atoms. The largest absolute Gasteiger partial charge is 0.497 e. The lowest BCUT2D eigenvalue weighted by atomic mass is 10.1. The Morgan fingerprint density at radius 2 is 2.04 bits per heavy atom. The van der Waals surface area contributed by atoms with Crippen molar-refractivity contribution in [3.8, 4) is 16.3 Å². The van der Waals surface area contributed by atoms with Gasteiger partial charge in [-0.1, -0.05) is 18.2 Å². The highest BCUT2D eigenvalue weighted by atomic mass is 32.1. The highest BCUT2D eigenvalue weighted by molar-refractivity contribution is 7.13. The van der Waals surface area contributed by atoms with Crippen LogP contribution in [0.3, 0.4) is 0 Å². The normalized spacial score (nSPS) is 12.4. The molecule has 0 radical (unpaired) electrons. The zero-order valence-electron chi connectivity index (χ0n) is 14.1. The molecule has 0 amide bonds. The number of hydrogen-bond acceptors (Lipinski definition) is 5. The lowest BCUT2D eigenvalue weighted by Gasteiger charge is -2.13. The van der Waals surface area contributed by atoms with Gasteiger partial charge in [0.25, 0.3) is 5.56 Å². The van der Waals surface area contributed by atoms with Crippen LogP contribution in [0.15, 0.2) is 65.0 Å². The third kappa shape index (κ3) is 3.02. The lowest BCUT2D eigenvalue weighted by Crippen LogP contribution is -2.24. The first kappa shape index (κ1) is 16.6. The van der Waals surface area contributed by atoms with Crippen molar-refractivity contribution in [2.75, 3.05) is 7.11 Å². The maximum atomic E-state index is 12.8. The van der Waals surface area contributed by atoms with Crippen LogP contribution in [0, 0.1) is 0 Å². The first-order valence-electron chi connectivity index (χ1n) is 8.10. The molecule has 0 aliphatic heterocycles. The SMILES string of the molecule is COc1ccc(C(O)Cn2ccn3nc(-c4cccs4)cc3c2=O)cc1. The number of aliphatic hydroxyl groups is 1. The van der Waals surface area contributed by atoms with E-state index in [4.69, 9.17) is 4.74 Å². The first-order valence-corrected chi connectivity index (χ1v) is 8.98. The Balaban J connectivity index is 1.64. The van der Waals surface area contributed by atoms with Crippen molar-refractivity contribution in [2.24, 2.45) is 0 Å².